The van der Waals surface area contributed by atoms with E-state index in [1.54, 1.807) is 13.0 Å². The number of carbonyl (C=O) groups is 1. The van der Waals surface area contributed by atoms with Gasteiger partial charge in [-0.3, -0.25) is 10.2 Å². The molecule has 156 valence electrons. The topological polar surface area (TPSA) is 78.5 Å². The second-order valence-electron chi connectivity index (χ2n) is 7.60. The van der Waals surface area contributed by atoms with Gasteiger partial charge in [0.1, 0.15) is 5.82 Å². The molecule has 2 aromatic carbocycles. The van der Waals surface area contributed by atoms with Crippen LogP contribution < -0.4 is 10.3 Å². The minimum absolute atomic E-state index is 0.0426. The maximum Gasteiger partial charge on any atom is 0.269 e. The summed E-state index contributed by atoms with van der Waals surface area (Å²) in [5, 5.41) is 0. The molecule has 1 amide bonds. The summed E-state index contributed by atoms with van der Waals surface area (Å²) in [5.41, 5.74) is 3.79. The second-order valence-corrected chi connectivity index (χ2v) is 9.37. The van der Waals surface area contributed by atoms with Crippen LogP contribution in [0.2, 0.25) is 0 Å². The number of halogens is 1. The van der Waals surface area contributed by atoms with Gasteiger partial charge in [0.25, 0.3) is 5.91 Å². The number of likely N-dealkylation sites (tertiary alicyclic amines) is 1. The lowest BCUT2D eigenvalue weighted by Gasteiger charge is -2.28. The zero-order valence-electron chi connectivity index (χ0n) is 16.6. The normalized spacial score (nSPS) is 16.0. The van der Waals surface area contributed by atoms with Gasteiger partial charge < -0.3 is 4.90 Å². The molecular weight excluding hydrogens is 393 g/mol. The maximum atomic E-state index is 14.5. The van der Waals surface area contributed by atoms with Crippen molar-refractivity contribution in [2.24, 2.45) is 5.92 Å². The van der Waals surface area contributed by atoms with Crippen LogP contribution in [0.3, 0.4) is 0 Å². The highest BCUT2D eigenvalue weighted by Gasteiger charge is 2.24. The number of hydrazine groups is 1. The van der Waals surface area contributed by atoms with Crippen molar-refractivity contribution in [3.63, 3.8) is 0 Å². The largest absolute Gasteiger partial charge is 0.306 e. The number of carbonyl (C=O) groups excluding carboxylic acids is 1. The van der Waals surface area contributed by atoms with Gasteiger partial charge in [0.2, 0.25) is 10.0 Å². The first kappa shape index (κ1) is 21.4. The number of piperidine rings is 1. The Bertz CT molecular complexity index is 972. The molecule has 2 N–H and O–H groups in total. The summed E-state index contributed by atoms with van der Waals surface area (Å²) < 4.78 is 39.2. The molecule has 1 aliphatic heterocycles. The first-order chi connectivity index (χ1) is 13.7. The second kappa shape index (κ2) is 9.02. The van der Waals surface area contributed by atoms with Crippen LogP contribution in [0.1, 0.15) is 28.8 Å². The maximum absolute atomic E-state index is 14.5. The standard InChI is InChI=1S/C21H26FN3O3S/c1-15-12-18(17-6-4-3-5-7-17)13-19(20(15)22)21(26)23-24-29(27,28)14-16-8-10-25(2)11-9-16/h3-7,12-13,16,24H,8-11,14H2,1-2H3,(H,23,26). The minimum Gasteiger partial charge on any atom is -0.306 e. The number of nitrogens with zero attached hydrogens (tertiary/aromatic N) is 1. The highest BCUT2D eigenvalue weighted by molar-refractivity contribution is 7.89. The van der Waals surface area contributed by atoms with E-state index in [0.29, 0.717) is 11.1 Å². The van der Waals surface area contributed by atoms with Gasteiger partial charge in [-0.25, -0.2) is 12.8 Å². The Morgan fingerprint density at radius 1 is 1.14 bits per heavy atom. The molecule has 0 aromatic heterocycles. The lowest BCUT2D eigenvalue weighted by atomic mass is 9.99. The van der Waals surface area contributed by atoms with Crippen LogP contribution in [-0.2, 0) is 10.0 Å². The zero-order valence-corrected chi connectivity index (χ0v) is 17.4. The Labute approximate surface area is 171 Å². The molecule has 1 fully saturated rings. The summed E-state index contributed by atoms with van der Waals surface area (Å²) in [6, 6.07) is 12.4. The molecule has 2 aromatic rings. The molecule has 0 bridgehead atoms. The number of rotatable bonds is 6. The molecule has 1 aliphatic rings. The van der Waals surface area contributed by atoms with Crippen molar-refractivity contribution in [1.82, 2.24) is 15.2 Å². The third-order valence-electron chi connectivity index (χ3n) is 5.22. The van der Waals surface area contributed by atoms with E-state index in [0.717, 1.165) is 31.5 Å². The van der Waals surface area contributed by atoms with Gasteiger partial charge >= 0.3 is 0 Å². The zero-order chi connectivity index (χ0) is 21.0. The fourth-order valence-corrected chi connectivity index (χ4v) is 4.79. The van der Waals surface area contributed by atoms with Gasteiger partial charge in [0.05, 0.1) is 11.3 Å². The Kier molecular flexibility index (Phi) is 6.66. The molecule has 29 heavy (non-hydrogen) atoms. The molecule has 3 rings (SSSR count). The SMILES string of the molecule is Cc1cc(-c2ccccc2)cc(C(=O)NNS(=O)(=O)CC2CCN(C)CC2)c1F. The van der Waals surface area contributed by atoms with Gasteiger partial charge in [0.15, 0.2) is 0 Å². The van der Waals surface area contributed by atoms with Crippen molar-refractivity contribution in [2.75, 3.05) is 25.9 Å². The van der Waals surface area contributed by atoms with Crippen molar-refractivity contribution >= 4 is 15.9 Å². The Morgan fingerprint density at radius 2 is 1.79 bits per heavy atom. The Morgan fingerprint density at radius 3 is 2.45 bits per heavy atom. The number of benzene rings is 2. The highest BCUT2D eigenvalue weighted by atomic mass is 32.2. The lowest BCUT2D eigenvalue weighted by Crippen LogP contribution is -2.45. The predicted octanol–water partition coefficient (Wildman–Crippen LogP) is 2.71. The molecular formula is C21H26FN3O3S. The van der Waals surface area contributed by atoms with E-state index in [4.69, 9.17) is 0 Å². The molecule has 6 nitrogen and oxygen atoms in total. The van der Waals surface area contributed by atoms with Gasteiger partial charge in [0, 0.05) is 0 Å². The van der Waals surface area contributed by atoms with Crippen molar-refractivity contribution in [3.05, 3.63) is 59.4 Å². The highest BCUT2D eigenvalue weighted by Crippen LogP contribution is 2.24. The molecule has 0 saturated carbocycles. The van der Waals surface area contributed by atoms with Gasteiger partial charge in [-0.15, -0.1) is 4.83 Å². The van der Waals surface area contributed by atoms with E-state index in [2.05, 4.69) is 15.2 Å². The third-order valence-corrected chi connectivity index (χ3v) is 6.54. The molecule has 0 spiro atoms. The van der Waals surface area contributed by atoms with Crippen LogP contribution in [0.15, 0.2) is 42.5 Å². The summed E-state index contributed by atoms with van der Waals surface area (Å²) in [4.78, 5) is 16.8. The molecule has 0 radical (unpaired) electrons. The fraction of sp³-hybridized carbons (Fsp3) is 0.381. The van der Waals surface area contributed by atoms with Crippen molar-refractivity contribution < 1.29 is 17.6 Å². The fourth-order valence-electron chi connectivity index (χ4n) is 3.50. The summed E-state index contributed by atoms with van der Waals surface area (Å²) in [7, 11) is -1.71. The summed E-state index contributed by atoms with van der Waals surface area (Å²) in [6.07, 6.45) is 1.58. The molecule has 1 heterocycles. The van der Waals surface area contributed by atoms with Crippen molar-refractivity contribution in [2.45, 2.75) is 19.8 Å². The van der Waals surface area contributed by atoms with Gasteiger partial charge in [-0.2, -0.15) is 0 Å². The number of nitrogens with one attached hydrogen (secondary N) is 2. The van der Waals surface area contributed by atoms with E-state index in [1.807, 2.05) is 37.4 Å². The van der Waals surface area contributed by atoms with E-state index in [9.17, 15) is 17.6 Å². The number of sulfonamides is 1. The number of amides is 1. The van der Waals surface area contributed by atoms with E-state index < -0.39 is 21.7 Å². The first-order valence-corrected chi connectivity index (χ1v) is 11.2. The molecule has 8 heteroatoms. The van der Waals surface area contributed by atoms with Crippen LogP contribution in [0.25, 0.3) is 11.1 Å². The number of hydrogen-bond donors (Lipinski definition) is 2. The van der Waals surface area contributed by atoms with Crippen LogP contribution in [0.5, 0.6) is 0 Å². The van der Waals surface area contributed by atoms with Crippen LogP contribution in [0.4, 0.5) is 4.39 Å². The quantitative estimate of drug-likeness (QED) is 0.706. The van der Waals surface area contributed by atoms with Gasteiger partial charge in [-0.1, -0.05) is 30.3 Å². The van der Waals surface area contributed by atoms with Crippen LogP contribution in [0, 0.1) is 18.7 Å². The summed E-state index contributed by atoms with van der Waals surface area (Å²) in [5.74, 6) is -1.51. The molecule has 0 aliphatic carbocycles. The van der Waals surface area contributed by atoms with Gasteiger partial charge in [-0.05, 0) is 74.6 Å². The molecule has 0 atom stereocenters. The molecule has 0 unspecified atom stereocenters. The summed E-state index contributed by atoms with van der Waals surface area (Å²) in [6.45, 7) is 3.27. The Hall–Kier alpha value is -2.29. The van der Waals surface area contributed by atoms with Crippen LogP contribution >= 0.6 is 0 Å². The van der Waals surface area contributed by atoms with Crippen LogP contribution in [-0.4, -0.2) is 45.1 Å². The first-order valence-electron chi connectivity index (χ1n) is 9.59. The van der Waals surface area contributed by atoms with E-state index in [-0.39, 0.29) is 17.2 Å². The Balaban J connectivity index is 1.69. The monoisotopic (exact) mass is 419 g/mol. The smallest absolute Gasteiger partial charge is 0.269 e. The average molecular weight is 420 g/mol. The third kappa shape index (κ3) is 5.62. The lowest BCUT2D eigenvalue weighted by molar-refractivity contribution is 0.0940. The minimum atomic E-state index is -3.71. The van der Waals surface area contributed by atoms with Crippen molar-refractivity contribution in [1.29, 1.82) is 0 Å². The van der Waals surface area contributed by atoms with E-state index >= 15 is 0 Å². The summed E-state index contributed by atoms with van der Waals surface area (Å²) >= 11 is 0. The average Bonchev–Trinajstić information content (AvgIpc) is 2.70. The predicted molar refractivity (Wildman–Crippen MR) is 111 cm³/mol. The van der Waals surface area contributed by atoms with E-state index in [1.165, 1.54) is 6.07 Å². The van der Waals surface area contributed by atoms with Crippen molar-refractivity contribution in [3.8, 4) is 11.1 Å². The number of hydrogen-bond acceptors (Lipinski definition) is 4. The molecule has 1 saturated heterocycles. The number of aryl methyl sites for hydroxylation is 1.